The van der Waals surface area contributed by atoms with Crippen molar-refractivity contribution in [3.8, 4) is 0 Å². The zero-order valence-corrected chi connectivity index (χ0v) is 20.8. The van der Waals surface area contributed by atoms with Crippen molar-refractivity contribution in [3.63, 3.8) is 0 Å². The van der Waals surface area contributed by atoms with Gasteiger partial charge in [0.05, 0.1) is 6.17 Å². The molecular weight excluding hydrogens is 410 g/mol. The highest BCUT2D eigenvalue weighted by Crippen LogP contribution is 2.38. The van der Waals surface area contributed by atoms with Crippen molar-refractivity contribution in [2.75, 3.05) is 20.6 Å². The van der Waals surface area contributed by atoms with E-state index in [1.165, 1.54) is 63.5 Å². The molecule has 2 saturated heterocycles. The summed E-state index contributed by atoms with van der Waals surface area (Å²) in [5.41, 5.74) is 1.40. The molecule has 1 aromatic carbocycles. The second kappa shape index (κ2) is 14.5. The number of hydrazine groups is 1. The fraction of sp³-hybridized carbons (Fsp3) is 0.500. The van der Waals surface area contributed by atoms with E-state index >= 15 is 0 Å². The molecule has 2 aliphatic rings. The number of hydrogen-bond donors (Lipinski definition) is 0. The highest BCUT2D eigenvalue weighted by atomic mass is 32.2. The Bertz CT molecular complexity index is 748. The van der Waals surface area contributed by atoms with Crippen molar-refractivity contribution in [2.45, 2.75) is 64.0 Å². The highest BCUT2D eigenvalue weighted by Gasteiger charge is 2.39. The summed E-state index contributed by atoms with van der Waals surface area (Å²) in [4.78, 5) is 0. The molecule has 174 valence electrons. The first-order valence-electron chi connectivity index (χ1n) is 12.4. The lowest BCUT2D eigenvalue weighted by Gasteiger charge is -2.35. The topological polar surface area (TPSA) is 9.72 Å². The normalized spacial score (nSPS) is 22.9. The van der Waals surface area contributed by atoms with Gasteiger partial charge in [-0.1, -0.05) is 105 Å². The average molecular weight is 452 g/mol. The van der Waals surface area contributed by atoms with Gasteiger partial charge in [-0.2, -0.15) is 4.41 Å². The van der Waals surface area contributed by atoms with E-state index < -0.39 is 0 Å². The van der Waals surface area contributed by atoms with Crippen LogP contribution in [0.25, 0.3) is 0 Å². The van der Waals surface area contributed by atoms with Gasteiger partial charge < -0.3 is 0 Å². The van der Waals surface area contributed by atoms with E-state index in [0.29, 0.717) is 6.17 Å². The van der Waals surface area contributed by atoms with E-state index in [0.717, 1.165) is 12.3 Å². The average Bonchev–Trinajstić information content (AvgIpc) is 3.07. The molecule has 0 aliphatic carbocycles. The maximum absolute atomic E-state index is 2.63. The Hall–Kier alpha value is -1.59. The fourth-order valence-corrected chi connectivity index (χ4v) is 5.85. The molecule has 1 aromatic rings. The van der Waals surface area contributed by atoms with Gasteiger partial charge in [-0.3, -0.25) is 0 Å². The number of rotatable bonds is 4. The molecule has 0 saturated carbocycles. The summed E-state index contributed by atoms with van der Waals surface area (Å²) in [6, 6.07) is 27.6. The molecule has 2 fully saturated rings. The lowest BCUT2D eigenvalue weighted by molar-refractivity contribution is -0.00862. The van der Waals surface area contributed by atoms with Crippen LogP contribution in [0.1, 0.15) is 56.9 Å². The second-order valence-electron chi connectivity index (χ2n) is 8.90. The first-order chi connectivity index (χ1) is 15.8. The number of hydrogen-bond acceptors (Lipinski definition) is 4. The van der Waals surface area contributed by atoms with Crippen LogP contribution in [0.15, 0.2) is 78.9 Å². The summed E-state index contributed by atoms with van der Waals surface area (Å²) >= 11 is 1.88. The van der Waals surface area contributed by atoms with Gasteiger partial charge >= 0.3 is 0 Å². The van der Waals surface area contributed by atoms with Crippen molar-refractivity contribution in [1.82, 2.24) is 13.7 Å². The van der Waals surface area contributed by atoms with Crippen LogP contribution in [0.4, 0.5) is 0 Å². The maximum atomic E-state index is 2.63. The van der Waals surface area contributed by atoms with Gasteiger partial charge in [0, 0.05) is 32.8 Å². The smallest absolute Gasteiger partial charge is 0.0901 e. The van der Waals surface area contributed by atoms with Crippen LogP contribution in [-0.4, -0.2) is 40.5 Å². The highest BCUT2D eigenvalue weighted by molar-refractivity contribution is 7.94. The number of fused-ring (bicyclic) bond motifs is 1. The predicted molar refractivity (Wildman–Crippen MR) is 139 cm³/mol. The lowest BCUT2D eigenvalue weighted by atomic mass is 9.90. The predicted octanol–water partition coefficient (Wildman–Crippen LogP) is 7.21. The molecular formula is C28H41N3S. The van der Waals surface area contributed by atoms with Gasteiger partial charge in [0.15, 0.2) is 0 Å². The van der Waals surface area contributed by atoms with Crippen LogP contribution in [-0.2, 0) is 6.42 Å². The molecule has 0 amide bonds. The summed E-state index contributed by atoms with van der Waals surface area (Å²) in [7, 11) is 4.51. The van der Waals surface area contributed by atoms with Gasteiger partial charge in [0.2, 0.25) is 0 Å². The van der Waals surface area contributed by atoms with E-state index in [9.17, 15) is 0 Å². The van der Waals surface area contributed by atoms with Gasteiger partial charge in [-0.05, 0) is 43.6 Å². The van der Waals surface area contributed by atoms with Crippen molar-refractivity contribution in [2.24, 2.45) is 5.92 Å². The molecule has 2 unspecified atom stereocenters. The monoisotopic (exact) mass is 451 g/mol. The van der Waals surface area contributed by atoms with Gasteiger partial charge in [-0.15, -0.1) is 0 Å². The molecule has 4 heteroatoms. The zero-order chi connectivity index (χ0) is 22.4. The molecule has 2 aliphatic heterocycles. The largest absolute Gasteiger partial charge is 0.221 e. The van der Waals surface area contributed by atoms with E-state index in [1.807, 2.05) is 18.2 Å². The summed E-state index contributed by atoms with van der Waals surface area (Å²) < 4.78 is 4.87. The number of aryl methyl sites for hydroxylation is 1. The lowest BCUT2D eigenvalue weighted by Crippen LogP contribution is -2.46. The molecule has 0 spiro atoms. The third-order valence-electron chi connectivity index (χ3n) is 6.44. The maximum Gasteiger partial charge on any atom is 0.0901 e. The Morgan fingerprint density at radius 3 is 1.97 bits per heavy atom. The quantitative estimate of drug-likeness (QED) is 0.447. The van der Waals surface area contributed by atoms with E-state index in [2.05, 4.69) is 101 Å². The minimum atomic E-state index is 0.532. The molecule has 0 bridgehead atoms. The second-order valence-corrected chi connectivity index (χ2v) is 10.2. The Balaban J connectivity index is 1.69. The minimum Gasteiger partial charge on any atom is -0.221 e. The minimum absolute atomic E-state index is 0.532. The van der Waals surface area contributed by atoms with E-state index in [-0.39, 0.29) is 0 Å². The first kappa shape index (κ1) is 25.0. The van der Waals surface area contributed by atoms with Crippen molar-refractivity contribution in [1.29, 1.82) is 0 Å². The summed E-state index contributed by atoms with van der Waals surface area (Å²) in [5.74, 6) is 0.730. The van der Waals surface area contributed by atoms with Crippen LogP contribution < -0.4 is 0 Å². The fourth-order valence-electron chi connectivity index (χ4n) is 4.83. The molecule has 3 nitrogen and oxygen atoms in total. The third-order valence-corrected chi connectivity index (χ3v) is 7.36. The zero-order valence-electron chi connectivity index (χ0n) is 20.0. The summed E-state index contributed by atoms with van der Waals surface area (Å²) in [6.07, 6.45) is 12.4. The first-order valence-corrected chi connectivity index (χ1v) is 13.1. The molecule has 2 heterocycles. The Labute approximate surface area is 200 Å². The van der Waals surface area contributed by atoms with Gasteiger partial charge in [0.1, 0.15) is 0 Å². The molecule has 3 rings (SSSR count). The number of nitrogens with zero attached hydrogens (tertiary/aromatic N) is 3. The van der Waals surface area contributed by atoms with Gasteiger partial charge in [-0.25, -0.2) is 9.31 Å². The third kappa shape index (κ3) is 8.40. The Morgan fingerprint density at radius 1 is 0.750 bits per heavy atom. The molecule has 32 heavy (non-hydrogen) atoms. The van der Waals surface area contributed by atoms with Crippen LogP contribution in [0.5, 0.6) is 0 Å². The SMILES string of the molecule is CN1SN(C)N2CCCCCCCC(CCCc3ccccccccccccc3)C12. The van der Waals surface area contributed by atoms with Crippen LogP contribution in [0.2, 0.25) is 0 Å². The molecule has 0 radical (unpaired) electrons. The standard InChI is InChI=1S/C28H41N3S/c1-29-28-27(23-17-13-10-14-18-25-31(28)30(2)32-29)24-19-22-26-20-15-11-8-6-4-3-5-7-9-12-16-21-26/h3-9,11-12,15-16,20-21,27-28H,10,13-14,17-19,22-25H2,1-2H3. The Kier molecular flexibility index (Phi) is 11.4. The van der Waals surface area contributed by atoms with Crippen LogP contribution >= 0.6 is 12.1 Å². The molecule has 0 aromatic heterocycles. The molecule has 2 atom stereocenters. The van der Waals surface area contributed by atoms with Crippen molar-refractivity contribution < 1.29 is 0 Å². The van der Waals surface area contributed by atoms with Crippen LogP contribution in [0, 0.1) is 5.92 Å². The van der Waals surface area contributed by atoms with E-state index in [4.69, 9.17) is 0 Å². The summed E-state index contributed by atoms with van der Waals surface area (Å²) in [5, 5.41) is 2.63. The summed E-state index contributed by atoms with van der Waals surface area (Å²) in [6.45, 7) is 1.19. The van der Waals surface area contributed by atoms with Gasteiger partial charge in [0.25, 0.3) is 0 Å². The van der Waals surface area contributed by atoms with Crippen molar-refractivity contribution >= 4 is 12.1 Å². The molecule has 0 N–H and O–H groups in total. The van der Waals surface area contributed by atoms with Crippen LogP contribution in [0.3, 0.4) is 0 Å². The Morgan fingerprint density at radius 2 is 1.31 bits per heavy atom. The van der Waals surface area contributed by atoms with Crippen molar-refractivity contribution in [3.05, 3.63) is 84.4 Å². The van der Waals surface area contributed by atoms with E-state index in [1.54, 1.807) is 0 Å².